The number of hydrogen-bond acceptors (Lipinski definition) is 5. The Morgan fingerprint density at radius 2 is 2.10 bits per heavy atom. The molecule has 0 bridgehead atoms. The lowest BCUT2D eigenvalue weighted by Crippen LogP contribution is -2.49. The van der Waals surface area contributed by atoms with Gasteiger partial charge in [-0.05, 0) is 30.5 Å². The first-order valence-electron chi connectivity index (χ1n) is 9.66. The number of imide groups is 1. The van der Waals surface area contributed by atoms with Gasteiger partial charge in [0.1, 0.15) is 0 Å². The summed E-state index contributed by atoms with van der Waals surface area (Å²) in [5.41, 5.74) is 1.79. The minimum atomic E-state index is -0.873. The number of fused-ring (bicyclic) bond motifs is 1. The largest absolute Gasteiger partial charge is 0.465 e. The molecule has 0 saturated carbocycles. The second-order valence-electron chi connectivity index (χ2n) is 7.68. The van der Waals surface area contributed by atoms with Crippen LogP contribution >= 0.6 is 0 Å². The summed E-state index contributed by atoms with van der Waals surface area (Å²) in [6.45, 7) is 3.37. The van der Waals surface area contributed by atoms with E-state index in [0.29, 0.717) is 25.5 Å². The number of benzene rings is 1. The summed E-state index contributed by atoms with van der Waals surface area (Å²) in [5.74, 6) is 0.440. The number of rotatable bonds is 3. The molecule has 2 fully saturated rings. The summed E-state index contributed by atoms with van der Waals surface area (Å²) in [6, 6.07) is 5.56. The van der Waals surface area contributed by atoms with Crippen molar-refractivity contribution in [1.29, 1.82) is 0 Å². The lowest BCUT2D eigenvalue weighted by molar-refractivity contribution is -0.120. The second kappa shape index (κ2) is 7.26. The molecule has 4 amide bonds. The van der Waals surface area contributed by atoms with Crippen LogP contribution in [0.4, 0.5) is 21.1 Å². The molecule has 2 atom stereocenters. The van der Waals surface area contributed by atoms with Crippen LogP contribution in [0, 0.1) is 5.92 Å². The zero-order valence-corrected chi connectivity index (χ0v) is 16.4. The van der Waals surface area contributed by atoms with Crippen molar-refractivity contribution >= 4 is 40.4 Å². The highest BCUT2D eigenvalue weighted by atomic mass is 16.4. The van der Waals surface area contributed by atoms with E-state index < -0.39 is 12.1 Å². The van der Waals surface area contributed by atoms with Crippen LogP contribution in [0.2, 0.25) is 0 Å². The molecule has 29 heavy (non-hydrogen) atoms. The molecule has 0 spiro atoms. The number of hydrogen-bond donors (Lipinski definition) is 3. The number of carbonyl (C=O) groups excluding carboxylic acids is 2. The van der Waals surface area contributed by atoms with Gasteiger partial charge in [0.25, 0.3) is 0 Å². The third-order valence-corrected chi connectivity index (χ3v) is 5.67. The number of nitrogens with one attached hydrogen (secondary N) is 2. The summed E-state index contributed by atoms with van der Waals surface area (Å²) in [6.07, 6.45) is 0.114. The summed E-state index contributed by atoms with van der Waals surface area (Å²) in [4.78, 5) is 37.7. The highest BCUT2D eigenvalue weighted by molar-refractivity contribution is 6.09. The average Bonchev–Trinajstić information content (AvgIpc) is 2.99. The van der Waals surface area contributed by atoms with Gasteiger partial charge in [0.2, 0.25) is 5.91 Å². The quantitative estimate of drug-likeness (QED) is 0.723. The van der Waals surface area contributed by atoms with E-state index in [1.165, 1.54) is 9.80 Å². The van der Waals surface area contributed by atoms with Crippen molar-refractivity contribution in [3.8, 4) is 0 Å². The van der Waals surface area contributed by atoms with E-state index >= 15 is 0 Å². The molecule has 2 saturated heterocycles. The standard InChI is InChI=1S/C19H24N6O4/c1-11-10-24(19(28)29)7-5-14(11)20-12-3-4-13-15(9-12)23(2)22-17(13)25-8-6-16(26)21-18(25)27/h3-4,9,11,14,20H,5-8,10H2,1-2H3,(H,28,29)(H,21,26,27)/t11-,14-/m1/s1. The number of carbonyl (C=O) groups is 3. The summed E-state index contributed by atoms with van der Waals surface area (Å²) in [7, 11) is 1.82. The Balaban J connectivity index is 1.55. The smallest absolute Gasteiger partial charge is 0.407 e. The first-order valence-corrected chi connectivity index (χ1v) is 9.66. The lowest BCUT2D eigenvalue weighted by atomic mass is 9.94. The molecule has 0 radical (unpaired) electrons. The van der Waals surface area contributed by atoms with Crippen LogP contribution in [-0.4, -0.2) is 63.5 Å². The maximum Gasteiger partial charge on any atom is 0.407 e. The minimum Gasteiger partial charge on any atom is -0.465 e. The SMILES string of the molecule is C[C@@H]1CN(C(=O)O)CC[C@H]1Nc1ccc2c(N3CCC(=O)NC3=O)nn(C)c2c1. The lowest BCUT2D eigenvalue weighted by Gasteiger charge is -2.36. The Hall–Kier alpha value is -3.30. The molecule has 2 aromatic rings. The molecule has 3 heterocycles. The van der Waals surface area contributed by atoms with Crippen LogP contribution in [-0.2, 0) is 11.8 Å². The first kappa shape index (κ1) is 19.0. The normalized spacial score (nSPS) is 22.7. The van der Waals surface area contributed by atoms with Crippen molar-refractivity contribution < 1.29 is 19.5 Å². The fourth-order valence-electron chi connectivity index (χ4n) is 4.04. The van der Waals surface area contributed by atoms with Gasteiger partial charge in [-0.15, -0.1) is 0 Å². The van der Waals surface area contributed by atoms with Gasteiger partial charge in [0, 0.05) is 50.2 Å². The maximum absolute atomic E-state index is 12.2. The molecule has 1 aromatic carbocycles. The van der Waals surface area contributed by atoms with Crippen molar-refractivity contribution in [2.75, 3.05) is 29.9 Å². The molecule has 0 aliphatic carbocycles. The number of aryl methyl sites for hydroxylation is 1. The van der Waals surface area contributed by atoms with E-state index in [2.05, 4.69) is 15.7 Å². The predicted molar refractivity (Wildman–Crippen MR) is 107 cm³/mol. The van der Waals surface area contributed by atoms with Crippen LogP contribution in [0.3, 0.4) is 0 Å². The van der Waals surface area contributed by atoms with Gasteiger partial charge in [0.05, 0.1) is 5.52 Å². The van der Waals surface area contributed by atoms with E-state index in [4.69, 9.17) is 5.11 Å². The molecule has 3 N–H and O–H groups in total. The van der Waals surface area contributed by atoms with Gasteiger partial charge < -0.3 is 15.3 Å². The van der Waals surface area contributed by atoms with Crippen LogP contribution in [0.1, 0.15) is 19.8 Å². The highest BCUT2D eigenvalue weighted by Crippen LogP contribution is 2.30. The van der Waals surface area contributed by atoms with Gasteiger partial charge >= 0.3 is 12.1 Å². The molecule has 2 aliphatic heterocycles. The van der Waals surface area contributed by atoms with Crippen LogP contribution in [0.5, 0.6) is 0 Å². The fourth-order valence-corrected chi connectivity index (χ4v) is 4.04. The molecule has 0 unspecified atom stereocenters. The van der Waals surface area contributed by atoms with Gasteiger partial charge in [0.15, 0.2) is 5.82 Å². The van der Waals surface area contributed by atoms with Crippen molar-refractivity contribution in [3.05, 3.63) is 18.2 Å². The van der Waals surface area contributed by atoms with E-state index in [1.807, 2.05) is 32.2 Å². The van der Waals surface area contributed by atoms with Gasteiger partial charge in [-0.1, -0.05) is 6.92 Å². The molecular formula is C19H24N6O4. The van der Waals surface area contributed by atoms with E-state index in [9.17, 15) is 14.4 Å². The van der Waals surface area contributed by atoms with Gasteiger partial charge in [-0.25, -0.2) is 9.59 Å². The van der Waals surface area contributed by atoms with Gasteiger partial charge in [-0.3, -0.25) is 19.7 Å². The Labute approximate surface area is 167 Å². The number of anilines is 2. The minimum absolute atomic E-state index is 0.176. The number of carboxylic acid groups (broad SMARTS) is 1. The van der Waals surface area contributed by atoms with E-state index in [-0.39, 0.29) is 24.3 Å². The van der Waals surface area contributed by atoms with Crippen molar-refractivity contribution in [2.24, 2.45) is 13.0 Å². The molecule has 1 aromatic heterocycles. The number of nitrogens with zero attached hydrogens (tertiary/aromatic N) is 4. The number of urea groups is 1. The zero-order valence-electron chi connectivity index (χ0n) is 16.4. The van der Waals surface area contributed by atoms with Crippen molar-refractivity contribution in [1.82, 2.24) is 20.0 Å². The summed E-state index contributed by atoms with van der Waals surface area (Å²) in [5, 5.41) is 20.3. The zero-order chi connectivity index (χ0) is 20.7. The Kier molecular flexibility index (Phi) is 4.77. The summed E-state index contributed by atoms with van der Waals surface area (Å²) < 4.78 is 1.72. The van der Waals surface area contributed by atoms with Crippen molar-refractivity contribution in [3.63, 3.8) is 0 Å². The van der Waals surface area contributed by atoms with Crippen LogP contribution in [0.15, 0.2) is 18.2 Å². The Bertz CT molecular complexity index is 986. The third-order valence-electron chi connectivity index (χ3n) is 5.67. The summed E-state index contributed by atoms with van der Waals surface area (Å²) >= 11 is 0. The number of amides is 4. The number of likely N-dealkylation sites (tertiary alicyclic amines) is 1. The monoisotopic (exact) mass is 400 g/mol. The predicted octanol–water partition coefficient (Wildman–Crippen LogP) is 1.82. The molecule has 4 rings (SSSR count). The van der Waals surface area contributed by atoms with Gasteiger partial charge in [-0.2, -0.15) is 5.10 Å². The molecule has 154 valence electrons. The fraction of sp³-hybridized carbons (Fsp3) is 0.474. The van der Waals surface area contributed by atoms with E-state index in [1.54, 1.807) is 4.68 Å². The maximum atomic E-state index is 12.2. The topological polar surface area (TPSA) is 120 Å². The molecule has 10 heteroatoms. The Morgan fingerprint density at radius 1 is 1.31 bits per heavy atom. The molecule has 2 aliphatic rings. The number of aromatic nitrogens is 2. The van der Waals surface area contributed by atoms with Crippen molar-refractivity contribution in [2.45, 2.75) is 25.8 Å². The number of piperidine rings is 1. The second-order valence-corrected chi connectivity index (χ2v) is 7.68. The first-order chi connectivity index (χ1) is 13.8. The third kappa shape index (κ3) is 3.57. The average molecular weight is 400 g/mol. The van der Waals surface area contributed by atoms with Crippen LogP contribution in [0.25, 0.3) is 10.9 Å². The van der Waals surface area contributed by atoms with Crippen LogP contribution < -0.4 is 15.5 Å². The van der Waals surface area contributed by atoms with E-state index in [0.717, 1.165) is 23.0 Å². The molecular weight excluding hydrogens is 376 g/mol. The Morgan fingerprint density at radius 3 is 2.79 bits per heavy atom. The highest BCUT2D eigenvalue weighted by Gasteiger charge is 2.30. The molecule has 10 nitrogen and oxygen atoms in total.